The average Bonchev–Trinajstić information content (AvgIpc) is 2.33. The van der Waals surface area contributed by atoms with Gasteiger partial charge in [0.25, 0.3) is 0 Å². The highest BCUT2D eigenvalue weighted by Crippen LogP contribution is 2.31. The van der Waals surface area contributed by atoms with Crippen LogP contribution in [-0.2, 0) is 6.42 Å². The van der Waals surface area contributed by atoms with Crippen LogP contribution in [0.15, 0.2) is 12.1 Å². The lowest BCUT2D eigenvalue weighted by Gasteiger charge is -2.04. The van der Waals surface area contributed by atoms with E-state index in [1.165, 1.54) is 6.07 Å². The van der Waals surface area contributed by atoms with Gasteiger partial charge in [-0.3, -0.25) is 0 Å². The van der Waals surface area contributed by atoms with Gasteiger partial charge in [0.2, 0.25) is 0 Å². The van der Waals surface area contributed by atoms with Crippen molar-refractivity contribution in [3.8, 4) is 0 Å². The van der Waals surface area contributed by atoms with Crippen LogP contribution in [0, 0.1) is 11.6 Å². The van der Waals surface area contributed by atoms with Crippen LogP contribution in [0.4, 0.5) is 8.78 Å². The third-order valence-electron chi connectivity index (χ3n) is 2.30. The Kier molecular flexibility index (Phi) is 1.61. The first-order valence-corrected chi connectivity index (χ1v) is 3.92. The van der Waals surface area contributed by atoms with Gasteiger partial charge in [-0.25, -0.2) is 8.78 Å². The van der Waals surface area contributed by atoms with E-state index in [1.807, 2.05) is 0 Å². The van der Waals surface area contributed by atoms with Crippen molar-refractivity contribution < 1.29 is 8.78 Å². The molecule has 1 aliphatic carbocycles. The van der Waals surface area contributed by atoms with Crippen LogP contribution < -0.4 is 5.73 Å². The summed E-state index contributed by atoms with van der Waals surface area (Å²) in [4.78, 5) is 0. The van der Waals surface area contributed by atoms with Gasteiger partial charge in [0, 0.05) is 12.1 Å². The first-order valence-electron chi connectivity index (χ1n) is 3.92. The number of hydrogen-bond donors (Lipinski definition) is 1. The van der Waals surface area contributed by atoms with Crippen molar-refractivity contribution in [2.24, 2.45) is 5.73 Å². The standard InChI is InChI=1S/C9H9F2N/c10-5-3-7-6(8(11)4-5)1-2-9(7)12/h3-4,9H,1-2,12H2. The Bertz CT molecular complexity index is 323. The Balaban J connectivity index is 2.60. The molecule has 0 aliphatic heterocycles. The summed E-state index contributed by atoms with van der Waals surface area (Å²) in [5, 5.41) is 0. The zero-order chi connectivity index (χ0) is 8.72. The molecule has 64 valence electrons. The summed E-state index contributed by atoms with van der Waals surface area (Å²) >= 11 is 0. The molecule has 1 nitrogen and oxygen atoms in total. The summed E-state index contributed by atoms with van der Waals surface area (Å²) in [5.74, 6) is -0.999. The van der Waals surface area contributed by atoms with Gasteiger partial charge in [-0.05, 0) is 30.0 Å². The molecule has 1 unspecified atom stereocenters. The van der Waals surface area contributed by atoms with Crippen LogP contribution in [0.5, 0.6) is 0 Å². The fourth-order valence-corrected chi connectivity index (χ4v) is 1.67. The molecular weight excluding hydrogens is 160 g/mol. The highest BCUT2D eigenvalue weighted by Gasteiger charge is 2.22. The minimum atomic E-state index is -0.538. The molecule has 1 aliphatic rings. The molecule has 3 heteroatoms. The maximum atomic E-state index is 13.0. The number of halogens is 2. The topological polar surface area (TPSA) is 26.0 Å². The minimum Gasteiger partial charge on any atom is -0.324 e. The van der Waals surface area contributed by atoms with Crippen molar-refractivity contribution >= 4 is 0 Å². The predicted molar refractivity (Wildman–Crippen MR) is 41.6 cm³/mol. The maximum Gasteiger partial charge on any atom is 0.129 e. The van der Waals surface area contributed by atoms with Crippen LogP contribution in [0.25, 0.3) is 0 Å². The molecule has 1 aromatic rings. The van der Waals surface area contributed by atoms with E-state index >= 15 is 0 Å². The predicted octanol–water partition coefficient (Wildman–Crippen LogP) is 1.91. The van der Waals surface area contributed by atoms with Gasteiger partial charge in [-0.15, -0.1) is 0 Å². The summed E-state index contributed by atoms with van der Waals surface area (Å²) in [6, 6.07) is 2.05. The molecule has 0 heterocycles. The minimum absolute atomic E-state index is 0.190. The maximum absolute atomic E-state index is 13.0. The van der Waals surface area contributed by atoms with E-state index in [4.69, 9.17) is 5.73 Å². The molecule has 0 bridgehead atoms. The Labute approximate surface area is 69.2 Å². The summed E-state index contributed by atoms with van der Waals surface area (Å²) in [5.41, 5.74) is 6.87. The van der Waals surface area contributed by atoms with Gasteiger partial charge in [0.15, 0.2) is 0 Å². The largest absolute Gasteiger partial charge is 0.324 e. The summed E-state index contributed by atoms with van der Waals surface area (Å²) in [6.45, 7) is 0. The lowest BCUT2D eigenvalue weighted by atomic mass is 10.1. The molecular formula is C9H9F2N. The van der Waals surface area contributed by atoms with Gasteiger partial charge in [0.1, 0.15) is 11.6 Å². The number of nitrogens with two attached hydrogens (primary N) is 1. The van der Waals surface area contributed by atoms with E-state index < -0.39 is 11.6 Å². The normalized spacial score (nSPS) is 21.1. The molecule has 1 atom stereocenters. The van der Waals surface area contributed by atoms with Crippen molar-refractivity contribution in [3.05, 3.63) is 34.9 Å². The lowest BCUT2D eigenvalue weighted by molar-refractivity contribution is 0.573. The van der Waals surface area contributed by atoms with Gasteiger partial charge in [-0.2, -0.15) is 0 Å². The molecule has 0 saturated carbocycles. The van der Waals surface area contributed by atoms with E-state index in [9.17, 15) is 8.78 Å². The summed E-state index contributed by atoms with van der Waals surface area (Å²) in [6.07, 6.45) is 1.35. The van der Waals surface area contributed by atoms with E-state index in [2.05, 4.69) is 0 Å². The van der Waals surface area contributed by atoms with Crippen molar-refractivity contribution in [2.45, 2.75) is 18.9 Å². The molecule has 0 fully saturated rings. The fraction of sp³-hybridized carbons (Fsp3) is 0.333. The van der Waals surface area contributed by atoms with Crippen molar-refractivity contribution in [1.82, 2.24) is 0 Å². The Morgan fingerprint density at radius 3 is 2.83 bits per heavy atom. The molecule has 0 radical (unpaired) electrons. The van der Waals surface area contributed by atoms with Gasteiger partial charge >= 0.3 is 0 Å². The fourth-order valence-electron chi connectivity index (χ4n) is 1.67. The Morgan fingerprint density at radius 1 is 1.33 bits per heavy atom. The van der Waals surface area contributed by atoms with Gasteiger partial charge in [0.05, 0.1) is 0 Å². The quantitative estimate of drug-likeness (QED) is 0.630. The molecule has 0 amide bonds. The average molecular weight is 169 g/mol. The highest BCUT2D eigenvalue weighted by atomic mass is 19.1. The molecule has 0 saturated heterocycles. The third-order valence-corrected chi connectivity index (χ3v) is 2.30. The Morgan fingerprint density at radius 2 is 2.08 bits per heavy atom. The van der Waals surface area contributed by atoms with Crippen LogP contribution in [0.1, 0.15) is 23.6 Å². The first-order chi connectivity index (χ1) is 5.68. The van der Waals surface area contributed by atoms with E-state index in [-0.39, 0.29) is 6.04 Å². The monoisotopic (exact) mass is 169 g/mol. The summed E-state index contributed by atoms with van der Waals surface area (Å²) in [7, 11) is 0. The molecule has 12 heavy (non-hydrogen) atoms. The second-order valence-corrected chi connectivity index (χ2v) is 3.10. The van der Waals surface area contributed by atoms with Crippen LogP contribution in [0.2, 0.25) is 0 Å². The first kappa shape index (κ1) is 7.68. The number of hydrogen-bond acceptors (Lipinski definition) is 1. The number of rotatable bonds is 0. The van der Waals surface area contributed by atoms with E-state index in [1.54, 1.807) is 0 Å². The molecule has 2 N–H and O–H groups in total. The molecule has 2 rings (SSSR count). The van der Waals surface area contributed by atoms with Crippen molar-refractivity contribution in [3.63, 3.8) is 0 Å². The van der Waals surface area contributed by atoms with Crippen molar-refractivity contribution in [2.75, 3.05) is 0 Å². The van der Waals surface area contributed by atoms with Gasteiger partial charge in [-0.1, -0.05) is 0 Å². The smallest absolute Gasteiger partial charge is 0.129 e. The number of benzene rings is 1. The zero-order valence-electron chi connectivity index (χ0n) is 6.48. The van der Waals surface area contributed by atoms with E-state index in [0.717, 1.165) is 12.5 Å². The lowest BCUT2D eigenvalue weighted by Crippen LogP contribution is -2.05. The van der Waals surface area contributed by atoms with Crippen LogP contribution in [-0.4, -0.2) is 0 Å². The van der Waals surface area contributed by atoms with Crippen molar-refractivity contribution in [1.29, 1.82) is 0 Å². The third kappa shape index (κ3) is 1.01. The van der Waals surface area contributed by atoms with Gasteiger partial charge < -0.3 is 5.73 Å². The highest BCUT2D eigenvalue weighted by molar-refractivity contribution is 5.35. The second-order valence-electron chi connectivity index (χ2n) is 3.10. The zero-order valence-corrected chi connectivity index (χ0v) is 6.48. The SMILES string of the molecule is NC1CCc2c(F)cc(F)cc21. The molecule has 0 spiro atoms. The second kappa shape index (κ2) is 2.52. The number of fused-ring (bicyclic) bond motifs is 1. The summed E-state index contributed by atoms with van der Waals surface area (Å²) < 4.78 is 25.7. The van der Waals surface area contributed by atoms with E-state index in [0.29, 0.717) is 17.5 Å². The molecule has 1 aromatic carbocycles. The van der Waals surface area contributed by atoms with Crippen LogP contribution >= 0.6 is 0 Å². The Hall–Kier alpha value is -0.960. The molecule has 0 aromatic heterocycles. The van der Waals surface area contributed by atoms with Crippen LogP contribution in [0.3, 0.4) is 0 Å².